The summed E-state index contributed by atoms with van der Waals surface area (Å²) in [5.41, 5.74) is 6.99. The van der Waals surface area contributed by atoms with Crippen LogP contribution in [0.2, 0.25) is 0 Å². The summed E-state index contributed by atoms with van der Waals surface area (Å²) >= 11 is 0. The fourth-order valence-electron chi connectivity index (χ4n) is 2.54. The van der Waals surface area contributed by atoms with Gasteiger partial charge in [0, 0.05) is 6.54 Å². The molecule has 1 aromatic carbocycles. The zero-order valence-corrected chi connectivity index (χ0v) is 15.0. The van der Waals surface area contributed by atoms with Crippen LogP contribution in [0.4, 0.5) is 5.82 Å². The van der Waals surface area contributed by atoms with Crippen LogP contribution >= 0.6 is 0 Å². The highest BCUT2D eigenvalue weighted by atomic mass is 16.5. The standard InChI is InChI=1S/C18H21N5O4/c1-25-13-5-2-3-6-14(13)26-10-7-15(24)27-9-4-8-23-12-22-16-17(19)20-11-21-18(16)23/h2-3,5-6,11-12H,4,7-10H2,1H3,(H2,19,20,21). The molecule has 27 heavy (non-hydrogen) atoms. The Morgan fingerprint density at radius 3 is 2.78 bits per heavy atom. The molecule has 0 saturated heterocycles. The summed E-state index contributed by atoms with van der Waals surface area (Å²) < 4.78 is 17.8. The monoisotopic (exact) mass is 371 g/mol. The number of carbonyl (C=O) groups excluding carboxylic acids is 1. The van der Waals surface area contributed by atoms with Crippen LogP contribution in [0.5, 0.6) is 11.5 Å². The molecular formula is C18H21N5O4. The van der Waals surface area contributed by atoms with Gasteiger partial charge < -0.3 is 24.5 Å². The molecule has 9 heteroatoms. The van der Waals surface area contributed by atoms with Crippen molar-refractivity contribution in [2.75, 3.05) is 26.1 Å². The molecule has 0 aliphatic carbocycles. The zero-order chi connectivity index (χ0) is 19.1. The second kappa shape index (κ2) is 8.84. The Kier molecular flexibility index (Phi) is 6.03. The van der Waals surface area contributed by atoms with E-state index in [4.69, 9.17) is 19.9 Å². The van der Waals surface area contributed by atoms with Crippen molar-refractivity contribution < 1.29 is 19.0 Å². The van der Waals surface area contributed by atoms with E-state index in [2.05, 4.69) is 15.0 Å². The summed E-state index contributed by atoms with van der Waals surface area (Å²) in [7, 11) is 1.57. The number of hydrogen-bond donors (Lipinski definition) is 1. The molecule has 9 nitrogen and oxygen atoms in total. The topological polar surface area (TPSA) is 114 Å². The molecule has 0 radical (unpaired) electrons. The summed E-state index contributed by atoms with van der Waals surface area (Å²) in [6.45, 7) is 1.13. The van der Waals surface area contributed by atoms with Gasteiger partial charge in [0.15, 0.2) is 23.0 Å². The highest BCUT2D eigenvalue weighted by molar-refractivity contribution is 5.81. The molecule has 0 aliphatic heterocycles. The number of methoxy groups -OCH3 is 1. The highest BCUT2D eigenvalue weighted by Crippen LogP contribution is 2.25. The number of nitrogens with zero attached hydrogens (tertiary/aromatic N) is 4. The van der Waals surface area contributed by atoms with Crippen LogP contribution in [0.25, 0.3) is 11.2 Å². The van der Waals surface area contributed by atoms with Gasteiger partial charge in [0.2, 0.25) is 0 Å². The van der Waals surface area contributed by atoms with Gasteiger partial charge in [0.25, 0.3) is 0 Å². The van der Waals surface area contributed by atoms with Gasteiger partial charge in [-0.25, -0.2) is 15.0 Å². The van der Waals surface area contributed by atoms with Crippen LogP contribution < -0.4 is 15.2 Å². The lowest BCUT2D eigenvalue weighted by Gasteiger charge is -2.10. The van der Waals surface area contributed by atoms with Crippen molar-refractivity contribution >= 4 is 23.0 Å². The third kappa shape index (κ3) is 4.63. The van der Waals surface area contributed by atoms with E-state index in [1.165, 1.54) is 6.33 Å². The van der Waals surface area contributed by atoms with E-state index < -0.39 is 0 Å². The zero-order valence-electron chi connectivity index (χ0n) is 15.0. The van der Waals surface area contributed by atoms with Crippen LogP contribution in [0.1, 0.15) is 12.8 Å². The maximum absolute atomic E-state index is 11.8. The number of esters is 1. The van der Waals surface area contributed by atoms with E-state index in [0.717, 1.165) is 0 Å². The Labute approximate surface area is 156 Å². The summed E-state index contributed by atoms with van der Waals surface area (Å²) in [5, 5.41) is 0. The second-order valence-corrected chi connectivity index (χ2v) is 5.69. The van der Waals surface area contributed by atoms with Crippen molar-refractivity contribution in [1.82, 2.24) is 19.5 Å². The van der Waals surface area contributed by atoms with Crippen LogP contribution in [-0.4, -0.2) is 45.8 Å². The quantitative estimate of drug-likeness (QED) is 0.447. The normalized spacial score (nSPS) is 10.7. The van der Waals surface area contributed by atoms with Gasteiger partial charge in [-0.1, -0.05) is 12.1 Å². The average molecular weight is 371 g/mol. The predicted molar refractivity (Wildman–Crippen MR) is 98.4 cm³/mol. The number of anilines is 1. The van der Waals surface area contributed by atoms with E-state index >= 15 is 0 Å². The Morgan fingerprint density at radius 2 is 1.96 bits per heavy atom. The van der Waals surface area contributed by atoms with E-state index in [9.17, 15) is 4.79 Å². The molecule has 0 unspecified atom stereocenters. The highest BCUT2D eigenvalue weighted by Gasteiger charge is 2.09. The molecule has 0 saturated carbocycles. The Hall–Kier alpha value is -3.36. The molecule has 0 fully saturated rings. The molecular weight excluding hydrogens is 350 g/mol. The number of hydrogen-bond acceptors (Lipinski definition) is 8. The molecule has 2 N–H and O–H groups in total. The van der Waals surface area contributed by atoms with Crippen molar-refractivity contribution in [2.24, 2.45) is 0 Å². The molecule has 2 aromatic heterocycles. The molecule has 142 valence electrons. The number of rotatable bonds is 9. The maximum Gasteiger partial charge on any atom is 0.309 e. The van der Waals surface area contributed by atoms with E-state index in [0.29, 0.717) is 48.1 Å². The Morgan fingerprint density at radius 1 is 1.15 bits per heavy atom. The molecule has 3 aromatic rings. The van der Waals surface area contributed by atoms with Crippen LogP contribution in [0, 0.1) is 0 Å². The minimum absolute atomic E-state index is 0.163. The van der Waals surface area contributed by atoms with Gasteiger partial charge in [-0.15, -0.1) is 0 Å². The fourth-order valence-corrected chi connectivity index (χ4v) is 2.54. The SMILES string of the molecule is COc1ccccc1OCCC(=O)OCCCn1cnc2c(N)ncnc21. The third-order valence-electron chi connectivity index (χ3n) is 3.87. The molecule has 0 atom stereocenters. The lowest BCUT2D eigenvalue weighted by molar-refractivity contribution is -0.144. The number of imidazole rings is 1. The Balaban J connectivity index is 1.38. The van der Waals surface area contributed by atoms with Crippen molar-refractivity contribution in [3.05, 3.63) is 36.9 Å². The third-order valence-corrected chi connectivity index (χ3v) is 3.87. The number of aryl methyl sites for hydroxylation is 1. The van der Waals surface area contributed by atoms with Crippen LogP contribution in [0.15, 0.2) is 36.9 Å². The number of fused-ring (bicyclic) bond motifs is 1. The van der Waals surface area contributed by atoms with Crippen LogP contribution in [0.3, 0.4) is 0 Å². The molecule has 0 bridgehead atoms. The number of benzene rings is 1. The number of nitrogen functional groups attached to an aromatic ring is 1. The fraction of sp³-hybridized carbons (Fsp3) is 0.333. The lowest BCUT2D eigenvalue weighted by Crippen LogP contribution is -2.12. The summed E-state index contributed by atoms with van der Waals surface area (Å²) in [5.74, 6) is 1.26. The lowest BCUT2D eigenvalue weighted by atomic mass is 10.3. The average Bonchev–Trinajstić information content (AvgIpc) is 3.10. The van der Waals surface area contributed by atoms with Crippen molar-refractivity contribution in [1.29, 1.82) is 0 Å². The van der Waals surface area contributed by atoms with Gasteiger partial charge >= 0.3 is 5.97 Å². The number of para-hydroxylation sites is 2. The van der Waals surface area contributed by atoms with Crippen LogP contribution in [-0.2, 0) is 16.1 Å². The summed E-state index contributed by atoms with van der Waals surface area (Å²) in [6.07, 6.45) is 3.85. The number of aromatic nitrogens is 4. The van der Waals surface area contributed by atoms with Gasteiger partial charge in [0.05, 0.1) is 33.1 Å². The van der Waals surface area contributed by atoms with Gasteiger partial charge in [0.1, 0.15) is 11.8 Å². The first-order valence-electron chi connectivity index (χ1n) is 8.52. The number of ether oxygens (including phenoxy) is 3. The van der Waals surface area contributed by atoms with E-state index in [-0.39, 0.29) is 19.0 Å². The predicted octanol–water partition coefficient (Wildman–Crippen LogP) is 1.82. The largest absolute Gasteiger partial charge is 0.493 e. The van der Waals surface area contributed by atoms with Crippen molar-refractivity contribution in [2.45, 2.75) is 19.4 Å². The Bertz CT molecular complexity index is 912. The molecule has 0 aliphatic rings. The first kappa shape index (κ1) is 18.4. The minimum Gasteiger partial charge on any atom is -0.493 e. The van der Waals surface area contributed by atoms with E-state index in [1.54, 1.807) is 25.6 Å². The van der Waals surface area contributed by atoms with Gasteiger partial charge in [-0.3, -0.25) is 4.79 Å². The first-order valence-corrected chi connectivity index (χ1v) is 8.52. The van der Waals surface area contributed by atoms with Crippen molar-refractivity contribution in [3.8, 4) is 11.5 Å². The number of carbonyl (C=O) groups is 1. The summed E-state index contributed by atoms with van der Waals surface area (Å²) in [6, 6.07) is 7.28. The first-order chi connectivity index (χ1) is 13.2. The van der Waals surface area contributed by atoms with Gasteiger partial charge in [-0.2, -0.15) is 0 Å². The molecule has 3 rings (SSSR count). The van der Waals surface area contributed by atoms with Crippen molar-refractivity contribution in [3.63, 3.8) is 0 Å². The van der Waals surface area contributed by atoms with Gasteiger partial charge in [-0.05, 0) is 18.6 Å². The summed E-state index contributed by atoms with van der Waals surface area (Å²) in [4.78, 5) is 24.1. The van der Waals surface area contributed by atoms with E-state index in [1.807, 2.05) is 16.7 Å². The molecule has 0 amide bonds. The smallest absolute Gasteiger partial charge is 0.309 e. The molecule has 2 heterocycles. The minimum atomic E-state index is -0.313. The maximum atomic E-state index is 11.8. The molecule has 0 spiro atoms. The number of nitrogens with two attached hydrogens (primary N) is 1. The second-order valence-electron chi connectivity index (χ2n) is 5.69.